The molecule has 0 unspecified atom stereocenters. The van der Waals surface area contributed by atoms with E-state index in [-0.39, 0.29) is 5.91 Å². The van der Waals surface area contributed by atoms with Crippen molar-refractivity contribution in [1.82, 2.24) is 4.90 Å². The van der Waals surface area contributed by atoms with Gasteiger partial charge in [-0.15, -0.1) is 11.3 Å². The van der Waals surface area contributed by atoms with Crippen molar-refractivity contribution in [2.45, 2.75) is 12.8 Å². The molecule has 0 bridgehead atoms. The van der Waals surface area contributed by atoms with Gasteiger partial charge in [0, 0.05) is 28.2 Å². The molecule has 0 saturated carbocycles. The van der Waals surface area contributed by atoms with E-state index in [0.29, 0.717) is 39.4 Å². The molecule has 32 heavy (non-hydrogen) atoms. The fourth-order valence-electron chi connectivity index (χ4n) is 3.68. The van der Waals surface area contributed by atoms with Crippen LogP contribution in [-0.4, -0.2) is 44.2 Å². The van der Waals surface area contributed by atoms with Gasteiger partial charge < -0.3 is 20.5 Å². The number of thiophene rings is 1. The quantitative estimate of drug-likeness (QED) is 0.460. The molecule has 3 aromatic rings. The van der Waals surface area contributed by atoms with E-state index in [2.05, 4.69) is 10.2 Å². The van der Waals surface area contributed by atoms with Gasteiger partial charge >= 0.3 is 0 Å². The number of benzene rings is 2. The fourth-order valence-corrected chi connectivity index (χ4v) is 4.79. The highest BCUT2D eigenvalue weighted by Gasteiger charge is 2.17. The van der Waals surface area contributed by atoms with Crippen molar-refractivity contribution in [3.05, 3.63) is 58.4 Å². The number of carbonyl (C=O) groups is 1. The molecular weight excluding hydrogens is 446 g/mol. The van der Waals surface area contributed by atoms with Crippen LogP contribution in [0.3, 0.4) is 0 Å². The second-order valence-electron chi connectivity index (χ2n) is 7.62. The van der Waals surface area contributed by atoms with E-state index in [1.165, 1.54) is 24.2 Å². The molecule has 1 amide bonds. The van der Waals surface area contributed by atoms with Crippen molar-refractivity contribution in [2.75, 3.05) is 44.4 Å². The molecule has 1 aliphatic heterocycles. The highest BCUT2D eigenvalue weighted by Crippen LogP contribution is 2.35. The SMILES string of the molecule is COc1cc(NC(=O)c2sc(-c3ccc(Cl)cc3)cc2N)ccc1OCCN1CCCC1. The topological polar surface area (TPSA) is 76.8 Å². The molecule has 0 atom stereocenters. The third kappa shape index (κ3) is 5.35. The summed E-state index contributed by atoms with van der Waals surface area (Å²) in [6, 6.07) is 14.6. The molecule has 168 valence electrons. The second kappa shape index (κ2) is 10.3. The van der Waals surface area contributed by atoms with Gasteiger partial charge in [0.1, 0.15) is 11.5 Å². The minimum Gasteiger partial charge on any atom is -0.493 e. The summed E-state index contributed by atoms with van der Waals surface area (Å²) in [5.41, 5.74) is 8.13. The molecule has 8 heteroatoms. The van der Waals surface area contributed by atoms with Crippen LogP contribution in [-0.2, 0) is 0 Å². The van der Waals surface area contributed by atoms with Gasteiger partial charge in [-0.2, -0.15) is 0 Å². The van der Waals surface area contributed by atoms with Crippen LogP contribution in [0.4, 0.5) is 11.4 Å². The Hall–Kier alpha value is -2.74. The molecule has 2 aromatic carbocycles. The maximum atomic E-state index is 12.9. The Morgan fingerprint density at radius 1 is 1.12 bits per heavy atom. The molecule has 1 fully saturated rings. The van der Waals surface area contributed by atoms with Crippen LogP contribution in [0.5, 0.6) is 11.5 Å². The summed E-state index contributed by atoms with van der Waals surface area (Å²) < 4.78 is 11.4. The van der Waals surface area contributed by atoms with E-state index in [4.69, 9.17) is 26.8 Å². The van der Waals surface area contributed by atoms with E-state index >= 15 is 0 Å². The number of nitrogen functional groups attached to an aromatic ring is 1. The largest absolute Gasteiger partial charge is 0.493 e. The lowest BCUT2D eigenvalue weighted by molar-refractivity contribution is 0.103. The highest BCUT2D eigenvalue weighted by atomic mass is 35.5. The minimum absolute atomic E-state index is 0.266. The summed E-state index contributed by atoms with van der Waals surface area (Å²) in [5.74, 6) is 0.966. The number of nitrogens with two attached hydrogens (primary N) is 1. The minimum atomic E-state index is -0.266. The summed E-state index contributed by atoms with van der Waals surface area (Å²) in [6.45, 7) is 3.77. The van der Waals surface area contributed by atoms with E-state index in [1.54, 1.807) is 25.3 Å². The van der Waals surface area contributed by atoms with E-state index < -0.39 is 0 Å². The molecule has 1 aromatic heterocycles. The number of anilines is 2. The average Bonchev–Trinajstić information content (AvgIpc) is 3.45. The first-order valence-electron chi connectivity index (χ1n) is 10.5. The summed E-state index contributed by atoms with van der Waals surface area (Å²) in [4.78, 5) is 16.6. The van der Waals surface area contributed by atoms with E-state index in [1.807, 2.05) is 30.3 Å². The Morgan fingerprint density at radius 2 is 1.88 bits per heavy atom. The smallest absolute Gasteiger partial charge is 0.267 e. The Balaban J connectivity index is 1.42. The summed E-state index contributed by atoms with van der Waals surface area (Å²) in [7, 11) is 1.59. The first kappa shape index (κ1) is 22.5. The zero-order chi connectivity index (χ0) is 22.5. The molecule has 1 aliphatic rings. The molecule has 6 nitrogen and oxygen atoms in total. The van der Waals surface area contributed by atoms with Crippen molar-refractivity contribution in [3.8, 4) is 21.9 Å². The summed E-state index contributed by atoms with van der Waals surface area (Å²) in [5, 5.41) is 3.56. The predicted octanol–water partition coefficient (Wildman–Crippen LogP) is 5.39. The van der Waals surface area contributed by atoms with Crippen LogP contribution in [0.1, 0.15) is 22.5 Å². The molecule has 4 rings (SSSR count). The zero-order valence-corrected chi connectivity index (χ0v) is 19.5. The Kier molecular flexibility index (Phi) is 7.19. The van der Waals surface area contributed by atoms with Gasteiger partial charge in [-0.25, -0.2) is 0 Å². The number of amides is 1. The monoisotopic (exact) mass is 471 g/mol. The van der Waals surface area contributed by atoms with Gasteiger partial charge in [-0.1, -0.05) is 23.7 Å². The van der Waals surface area contributed by atoms with Crippen molar-refractivity contribution < 1.29 is 14.3 Å². The molecule has 0 spiro atoms. The number of rotatable bonds is 8. The summed E-state index contributed by atoms with van der Waals surface area (Å²) >= 11 is 7.30. The Bertz CT molecular complexity index is 1080. The van der Waals surface area contributed by atoms with Crippen molar-refractivity contribution >= 4 is 40.2 Å². The number of carbonyl (C=O) groups excluding carboxylic acids is 1. The Labute approximate surface area is 196 Å². The number of hydrogen-bond donors (Lipinski definition) is 2. The van der Waals surface area contributed by atoms with Gasteiger partial charge in [0.05, 0.1) is 12.8 Å². The zero-order valence-electron chi connectivity index (χ0n) is 17.9. The van der Waals surface area contributed by atoms with Crippen molar-refractivity contribution in [1.29, 1.82) is 0 Å². The molecule has 0 radical (unpaired) electrons. The van der Waals surface area contributed by atoms with Crippen LogP contribution in [0.25, 0.3) is 10.4 Å². The molecule has 2 heterocycles. The van der Waals surface area contributed by atoms with Crippen molar-refractivity contribution in [2.24, 2.45) is 0 Å². The van der Waals surface area contributed by atoms with Gasteiger partial charge in [-0.3, -0.25) is 9.69 Å². The summed E-state index contributed by atoms with van der Waals surface area (Å²) in [6.07, 6.45) is 2.52. The van der Waals surface area contributed by atoms with Crippen LogP contribution in [0, 0.1) is 0 Å². The molecular formula is C24H26ClN3O3S. The standard InChI is InChI=1S/C24H26ClN3O3S/c1-30-21-14-18(8-9-20(21)31-13-12-28-10-2-3-11-28)27-24(29)23-19(26)15-22(32-23)16-4-6-17(25)7-5-16/h4-9,14-15H,2-3,10-13,26H2,1H3,(H,27,29). The van der Waals surface area contributed by atoms with Gasteiger partial charge in [0.2, 0.25) is 0 Å². The third-order valence-electron chi connectivity index (χ3n) is 5.38. The number of ether oxygens (including phenoxy) is 2. The molecule has 3 N–H and O–H groups in total. The lowest BCUT2D eigenvalue weighted by Gasteiger charge is -2.16. The van der Waals surface area contributed by atoms with Crippen molar-refractivity contribution in [3.63, 3.8) is 0 Å². The van der Waals surface area contributed by atoms with E-state index in [9.17, 15) is 4.79 Å². The van der Waals surface area contributed by atoms with Crippen LogP contribution < -0.4 is 20.5 Å². The van der Waals surface area contributed by atoms with Gasteiger partial charge in [0.15, 0.2) is 11.5 Å². The number of halogens is 1. The molecule has 1 saturated heterocycles. The van der Waals surface area contributed by atoms with E-state index in [0.717, 1.165) is 30.1 Å². The fraction of sp³-hybridized carbons (Fsp3) is 0.292. The van der Waals surface area contributed by atoms with Gasteiger partial charge in [-0.05, 0) is 61.8 Å². The molecule has 0 aliphatic carbocycles. The number of hydrogen-bond acceptors (Lipinski definition) is 6. The van der Waals surface area contributed by atoms with Crippen LogP contribution in [0.2, 0.25) is 5.02 Å². The highest BCUT2D eigenvalue weighted by molar-refractivity contribution is 7.18. The first-order chi connectivity index (χ1) is 15.5. The maximum absolute atomic E-state index is 12.9. The average molecular weight is 472 g/mol. The second-order valence-corrected chi connectivity index (χ2v) is 9.11. The normalized spacial score (nSPS) is 13.8. The number of nitrogens with one attached hydrogen (secondary N) is 1. The number of methoxy groups -OCH3 is 1. The van der Waals surface area contributed by atoms with Crippen LogP contribution >= 0.6 is 22.9 Å². The Morgan fingerprint density at radius 3 is 2.59 bits per heavy atom. The maximum Gasteiger partial charge on any atom is 0.267 e. The van der Waals surface area contributed by atoms with Gasteiger partial charge in [0.25, 0.3) is 5.91 Å². The lowest BCUT2D eigenvalue weighted by atomic mass is 10.2. The third-order valence-corrected chi connectivity index (χ3v) is 6.83. The number of nitrogens with zero attached hydrogens (tertiary/aromatic N) is 1. The van der Waals surface area contributed by atoms with Crippen LogP contribution in [0.15, 0.2) is 48.5 Å². The lowest BCUT2D eigenvalue weighted by Crippen LogP contribution is -2.25. The first-order valence-corrected chi connectivity index (χ1v) is 11.7. The predicted molar refractivity (Wildman–Crippen MR) is 131 cm³/mol. The number of likely N-dealkylation sites (tertiary alicyclic amines) is 1.